The lowest BCUT2D eigenvalue weighted by Crippen LogP contribution is -2.42. The van der Waals surface area contributed by atoms with Crippen molar-refractivity contribution in [3.05, 3.63) is 29.6 Å². The summed E-state index contributed by atoms with van der Waals surface area (Å²) in [6.07, 6.45) is 3.77. The minimum Gasteiger partial charge on any atom is -0.395 e. The predicted octanol–water partition coefficient (Wildman–Crippen LogP) is 1.99. The molecular formula is C13H16FNO2. The number of aliphatic hydroxyl groups excluding tert-OH is 1. The molecule has 0 heterocycles. The van der Waals surface area contributed by atoms with Crippen molar-refractivity contribution in [3.63, 3.8) is 0 Å². The number of aliphatic hydroxyl groups is 1. The number of rotatable bonds is 5. The molecule has 0 radical (unpaired) electrons. The molecule has 2 rings (SSSR count). The van der Waals surface area contributed by atoms with Crippen molar-refractivity contribution in [3.8, 4) is 0 Å². The summed E-state index contributed by atoms with van der Waals surface area (Å²) in [5.41, 5.74) is 0.687. The third-order valence-corrected chi connectivity index (χ3v) is 3.31. The number of carbonyl (C=O) groups is 1. The fraction of sp³-hybridized carbons (Fsp3) is 0.462. The first-order chi connectivity index (χ1) is 8.27. The zero-order valence-corrected chi connectivity index (χ0v) is 9.60. The van der Waals surface area contributed by atoms with E-state index < -0.39 is 5.82 Å². The molecule has 1 fully saturated rings. The second-order valence-electron chi connectivity index (χ2n) is 4.29. The number of anilines is 1. The van der Waals surface area contributed by atoms with Crippen LogP contribution in [-0.4, -0.2) is 30.6 Å². The van der Waals surface area contributed by atoms with Crippen molar-refractivity contribution >= 4 is 12.0 Å². The highest BCUT2D eigenvalue weighted by Crippen LogP contribution is 2.31. The molecule has 1 aromatic carbocycles. The molecule has 0 spiro atoms. The van der Waals surface area contributed by atoms with Gasteiger partial charge in [0.2, 0.25) is 0 Å². The van der Waals surface area contributed by atoms with Gasteiger partial charge in [-0.1, -0.05) is 6.07 Å². The predicted molar refractivity (Wildman–Crippen MR) is 63.9 cm³/mol. The molecule has 1 aliphatic carbocycles. The number of nitrogens with zero attached hydrogens (tertiary/aromatic N) is 1. The van der Waals surface area contributed by atoms with Crippen LogP contribution < -0.4 is 4.90 Å². The maximum absolute atomic E-state index is 13.5. The highest BCUT2D eigenvalue weighted by Gasteiger charge is 2.26. The van der Waals surface area contributed by atoms with Crippen LogP contribution in [0.15, 0.2) is 18.2 Å². The van der Waals surface area contributed by atoms with E-state index in [0.717, 1.165) is 19.3 Å². The Bertz CT molecular complexity index is 404. The molecule has 1 saturated carbocycles. The van der Waals surface area contributed by atoms with Crippen molar-refractivity contribution in [1.82, 2.24) is 0 Å². The van der Waals surface area contributed by atoms with E-state index in [1.54, 1.807) is 12.1 Å². The number of hydrogen-bond donors (Lipinski definition) is 1. The first-order valence-electron chi connectivity index (χ1n) is 5.89. The number of benzene rings is 1. The Kier molecular flexibility index (Phi) is 3.74. The highest BCUT2D eigenvalue weighted by molar-refractivity contribution is 5.85. The summed E-state index contributed by atoms with van der Waals surface area (Å²) in [6.45, 7) is 0.445. The van der Waals surface area contributed by atoms with Crippen LogP contribution in [-0.2, 0) is 0 Å². The molecule has 3 nitrogen and oxygen atoms in total. The van der Waals surface area contributed by atoms with Crippen LogP contribution in [0.1, 0.15) is 29.6 Å². The summed E-state index contributed by atoms with van der Waals surface area (Å²) in [5.74, 6) is -0.500. The Morgan fingerprint density at radius 1 is 1.47 bits per heavy atom. The SMILES string of the molecule is O=Cc1c(F)cccc1N(CCO)C1CCC1. The Hall–Kier alpha value is -1.42. The molecule has 0 atom stereocenters. The fourth-order valence-corrected chi connectivity index (χ4v) is 2.20. The molecule has 0 amide bonds. The van der Waals surface area contributed by atoms with Gasteiger partial charge in [0.1, 0.15) is 5.82 Å². The van der Waals surface area contributed by atoms with Gasteiger partial charge in [-0.25, -0.2) is 4.39 Å². The molecule has 0 aromatic heterocycles. The quantitative estimate of drug-likeness (QED) is 0.796. The summed E-state index contributed by atoms with van der Waals surface area (Å²) in [4.78, 5) is 12.9. The highest BCUT2D eigenvalue weighted by atomic mass is 19.1. The molecule has 1 aliphatic rings. The van der Waals surface area contributed by atoms with Gasteiger partial charge in [0.05, 0.1) is 17.9 Å². The first-order valence-corrected chi connectivity index (χ1v) is 5.89. The molecule has 4 heteroatoms. The molecule has 0 bridgehead atoms. The average Bonchev–Trinajstić information content (AvgIpc) is 2.26. The number of hydrogen-bond acceptors (Lipinski definition) is 3. The third-order valence-electron chi connectivity index (χ3n) is 3.31. The van der Waals surface area contributed by atoms with Crippen molar-refractivity contribution in [2.24, 2.45) is 0 Å². The lowest BCUT2D eigenvalue weighted by Gasteiger charge is -2.39. The van der Waals surface area contributed by atoms with Gasteiger partial charge in [-0.05, 0) is 31.4 Å². The minimum atomic E-state index is -0.500. The Balaban J connectivity index is 2.34. The van der Waals surface area contributed by atoms with Crippen LogP contribution in [0.25, 0.3) is 0 Å². The molecule has 0 aliphatic heterocycles. The number of halogens is 1. The number of carbonyl (C=O) groups excluding carboxylic acids is 1. The van der Waals surface area contributed by atoms with E-state index in [0.29, 0.717) is 24.6 Å². The van der Waals surface area contributed by atoms with Crippen LogP contribution in [0.3, 0.4) is 0 Å². The van der Waals surface area contributed by atoms with Crippen LogP contribution in [0.2, 0.25) is 0 Å². The van der Waals surface area contributed by atoms with Gasteiger partial charge in [0.15, 0.2) is 6.29 Å². The fourth-order valence-electron chi connectivity index (χ4n) is 2.20. The normalized spacial score (nSPS) is 15.4. The lowest BCUT2D eigenvalue weighted by atomic mass is 9.90. The maximum atomic E-state index is 13.5. The summed E-state index contributed by atoms with van der Waals surface area (Å²) >= 11 is 0. The monoisotopic (exact) mass is 237 g/mol. The van der Waals surface area contributed by atoms with Gasteiger partial charge in [-0.15, -0.1) is 0 Å². The standard InChI is InChI=1S/C13H16FNO2/c14-12-5-2-6-13(11(12)9-17)15(7-8-16)10-3-1-4-10/h2,5-6,9-10,16H,1,3-4,7-8H2. The molecule has 0 unspecified atom stereocenters. The lowest BCUT2D eigenvalue weighted by molar-refractivity contribution is 0.112. The molecule has 1 aromatic rings. The van der Waals surface area contributed by atoms with Gasteiger partial charge in [-0.2, -0.15) is 0 Å². The topological polar surface area (TPSA) is 40.5 Å². The van der Waals surface area contributed by atoms with Gasteiger partial charge in [0, 0.05) is 12.6 Å². The van der Waals surface area contributed by atoms with Crippen molar-refractivity contribution in [1.29, 1.82) is 0 Å². The molecule has 0 saturated heterocycles. The molecule has 17 heavy (non-hydrogen) atoms. The van der Waals surface area contributed by atoms with Gasteiger partial charge in [0.25, 0.3) is 0 Å². The number of aldehydes is 1. The van der Waals surface area contributed by atoms with Crippen molar-refractivity contribution in [2.45, 2.75) is 25.3 Å². The average molecular weight is 237 g/mol. The summed E-state index contributed by atoms with van der Waals surface area (Å²) < 4.78 is 13.5. The zero-order chi connectivity index (χ0) is 12.3. The second kappa shape index (κ2) is 5.27. The van der Waals surface area contributed by atoms with Crippen LogP contribution in [0.5, 0.6) is 0 Å². The van der Waals surface area contributed by atoms with E-state index in [9.17, 15) is 9.18 Å². The Morgan fingerprint density at radius 3 is 2.76 bits per heavy atom. The Morgan fingerprint density at radius 2 is 2.24 bits per heavy atom. The van der Waals surface area contributed by atoms with E-state index in [-0.39, 0.29) is 12.2 Å². The van der Waals surface area contributed by atoms with E-state index in [4.69, 9.17) is 5.11 Å². The third kappa shape index (κ3) is 2.31. The first kappa shape index (κ1) is 12.0. The summed E-state index contributed by atoms with van der Waals surface area (Å²) in [7, 11) is 0. The second-order valence-corrected chi connectivity index (χ2v) is 4.29. The zero-order valence-electron chi connectivity index (χ0n) is 9.60. The minimum absolute atomic E-state index is 0.00527. The maximum Gasteiger partial charge on any atom is 0.155 e. The van der Waals surface area contributed by atoms with Gasteiger partial charge >= 0.3 is 0 Å². The van der Waals surface area contributed by atoms with Crippen LogP contribution in [0.4, 0.5) is 10.1 Å². The van der Waals surface area contributed by atoms with Crippen molar-refractivity contribution < 1.29 is 14.3 Å². The van der Waals surface area contributed by atoms with Crippen LogP contribution in [0, 0.1) is 5.82 Å². The molecule has 1 N–H and O–H groups in total. The van der Waals surface area contributed by atoms with E-state index in [1.165, 1.54) is 6.07 Å². The van der Waals surface area contributed by atoms with E-state index in [2.05, 4.69) is 0 Å². The summed E-state index contributed by atoms with van der Waals surface area (Å²) in [6, 6.07) is 4.94. The van der Waals surface area contributed by atoms with Gasteiger partial charge < -0.3 is 10.0 Å². The molecule has 92 valence electrons. The van der Waals surface area contributed by atoms with E-state index >= 15 is 0 Å². The smallest absolute Gasteiger partial charge is 0.155 e. The largest absolute Gasteiger partial charge is 0.395 e. The van der Waals surface area contributed by atoms with E-state index in [1.807, 2.05) is 4.90 Å². The summed E-state index contributed by atoms with van der Waals surface area (Å²) in [5, 5.41) is 9.08. The van der Waals surface area contributed by atoms with Crippen LogP contribution >= 0.6 is 0 Å². The Labute approximate surface area is 99.9 Å². The molecular weight excluding hydrogens is 221 g/mol. The van der Waals surface area contributed by atoms with Gasteiger partial charge in [-0.3, -0.25) is 4.79 Å². The van der Waals surface area contributed by atoms with Crippen molar-refractivity contribution in [2.75, 3.05) is 18.1 Å².